The van der Waals surface area contributed by atoms with Crippen LogP contribution in [-0.2, 0) is 16.0 Å². The summed E-state index contributed by atoms with van der Waals surface area (Å²) >= 11 is 3.38. The van der Waals surface area contributed by atoms with E-state index < -0.39 is 0 Å². The Morgan fingerprint density at radius 2 is 1.87 bits per heavy atom. The van der Waals surface area contributed by atoms with Crippen molar-refractivity contribution < 1.29 is 9.59 Å². The highest BCUT2D eigenvalue weighted by Gasteiger charge is 2.16. The molecule has 2 aromatic carbocycles. The Kier molecular flexibility index (Phi) is 5.93. The molecule has 0 aliphatic carbocycles. The summed E-state index contributed by atoms with van der Waals surface area (Å²) in [5.41, 5.74) is 2.54. The number of nitrogens with one attached hydrogen (secondary N) is 1. The Morgan fingerprint density at radius 3 is 2.52 bits per heavy atom. The molecule has 120 valence electrons. The minimum absolute atomic E-state index is 0.0240. The summed E-state index contributed by atoms with van der Waals surface area (Å²) < 4.78 is 0.859. The fourth-order valence-electron chi connectivity index (χ4n) is 2.31. The SMILES string of the molecule is CCc1ccccc1NC(=O)CN(C(C)=O)c1cccc(Br)c1. The predicted octanol–water partition coefficient (Wildman–Crippen LogP) is 4.00. The molecular weight excluding hydrogens is 356 g/mol. The standard InChI is InChI=1S/C18H19BrN2O2/c1-3-14-7-4-5-10-17(14)20-18(23)12-21(13(2)22)16-9-6-8-15(19)11-16/h4-11H,3,12H2,1-2H3,(H,20,23). The maximum Gasteiger partial charge on any atom is 0.244 e. The van der Waals surface area contributed by atoms with Crippen LogP contribution < -0.4 is 10.2 Å². The van der Waals surface area contributed by atoms with Gasteiger partial charge in [0.25, 0.3) is 0 Å². The second-order valence-corrected chi connectivity index (χ2v) is 6.06. The highest BCUT2D eigenvalue weighted by Crippen LogP contribution is 2.21. The minimum atomic E-state index is -0.221. The van der Waals surface area contributed by atoms with Crippen LogP contribution in [0.15, 0.2) is 53.0 Å². The molecule has 0 saturated carbocycles. The smallest absolute Gasteiger partial charge is 0.244 e. The number of aryl methyl sites for hydroxylation is 1. The van der Waals surface area contributed by atoms with Crippen LogP contribution in [0, 0.1) is 0 Å². The molecule has 0 bridgehead atoms. The first-order valence-electron chi connectivity index (χ1n) is 7.42. The van der Waals surface area contributed by atoms with E-state index in [0.717, 1.165) is 22.1 Å². The monoisotopic (exact) mass is 374 g/mol. The lowest BCUT2D eigenvalue weighted by molar-refractivity contribution is -0.120. The molecule has 0 atom stereocenters. The van der Waals surface area contributed by atoms with E-state index in [1.54, 1.807) is 6.07 Å². The Labute approximate surface area is 144 Å². The number of hydrogen-bond acceptors (Lipinski definition) is 2. The summed E-state index contributed by atoms with van der Waals surface area (Å²) in [6, 6.07) is 15.0. The van der Waals surface area contributed by atoms with Gasteiger partial charge in [-0.2, -0.15) is 0 Å². The van der Waals surface area contributed by atoms with Gasteiger partial charge >= 0.3 is 0 Å². The number of hydrogen-bond donors (Lipinski definition) is 1. The average molecular weight is 375 g/mol. The van der Waals surface area contributed by atoms with E-state index >= 15 is 0 Å². The molecule has 1 N–H and O–H groups in total. The molecule has 2 rings (SSSR count). The van der Waals surface area contributed by atoms with Crippen molar-refractivity contribution in [3.63, 3.8) is 0 Å². The zero-order chi connectivity index (χ0) is 16.8. The van der Waals surface area contributed by atoms with Crippen LogP contribution in [0.25, 0.3) is 0 Å². The van der Waals surface area contributed by atoms with Gasteiger partial charge in [0.2, 0.25) is 11.8 Å². The zero-order valence-corrected chi connectivity index (χ0v) is 14.8. The molecule has 0 aliphatic rings. The maximum absolute atomic E-state index is 12.3. The summed E-state index contributed by atoms with van der Waals surface area (Å²) in [6.45, 7) is 3.46. The summed E-state index contributed by atoms with van der Waals surface area (Å²) in [5, 5.41) is 2.89. The molecule has 0 heterocycles. The molecule has 2 aromatic rings. The first-order valence-corrected chi connectivity index (χ1v) is 8.22. The van der Waals surface area contributed by atoms with Crippen molar-refractivity contribution in [2.24, 2.45) is 0 Å². The van der Waals surface area contributed by atoms with E-state index in [9.17, 15) is 9.59 Å². The number of carbonyl (C=O) groups is 2. The van der Waals surface area contributed by atoms with Crippen LogP contribution >= 0.6 is 15.9 Å². The molecule has 2 amide bonds. The van der Waals surface area contributed by atoms with Crippen molar-refractivity contribution in [3.8, 4) is 0 Å². The topological polar surface area (TPSA) is 49.4 Å². The predicted molar refractivity (Wildman–Crippen MR) is 96.6 cm³/mol. The number of benzene rings is 2. The average Bonchev–Trinajstić information content (AvgIpc) is 2.53. The second-order valence-electron chi connectivity index (χ2n) is 5.14. The summed E-state index contributed by atoms with van der Waals surface area (Å²) in [5.74, 6) is -0.400. The van der Waals surface area contributed by atoms with Crippen LogP contribution in [-0.4, -0.2) is 18.4 Å². The number of halogens is 1. The number of rotatable bonds is 5. The molecule has 0 spiro atoms. The van der Waals surface area contributed by atoms with Gasteiger partial charge in [-0.1, -0.05) is 47.1 Å². The van der Waals surface area contributed by atoms with E-state index in [2.05, 4.69) is 21.2 Å². The largest absolute Gasteiger partial charge is 0.324 e. The van der Waals surface area contributed by atoms with Crippen LogP contribution in [0.1, 0.15) is 19.4 Å². The molecule has 0 unspecified atom stereocenters. The van der Waals surface area contributed by atoms with Gasteiger partial charge in [0, 0.05) is 22.8 Å². The van der Waals surface area contributed by atoms with E-state index in [0.29, 0.717) is 5.69 Å². The summed E-state index contributed by atoms with van der Waals surface area (Å²) in [6.07, 6.45) is 0.832. The van der Waals surface area contributed by atoms with Gasteiger partial charge in [-0.25, -0.2) is 0 Å². The number of anilines is 2. The van der Waals surface area contributed by atoms with Gasteiger partial charge in [-0.15, -0.1) is 0 Å². The van der Waals surface area contributed by atoms with Gasteiger partial charge in [0.05, 0.1) is 0 Å². The van der Waals surface area contributed by atoms with Crippen molar-refractivity contribution >= 4 is 39.1 Å². The summed E-state index contributed by atoms with van der Waals surface area (Å²) in [7, 11) is 0. The van der Waals surface area contributed by atoms with E-state index in [1.165, 1.54) is 11.8 Å². The maximum atomic E-state index is 12.3. The molecule has 0 radical (unpaired) electrons. The van der Waals surface area contributed by atoms with E-state index in [1.807, 2.05) is 49.4 Å². The highest BCUT2D eigenvalue weighted by atomic mass is 79.9. The normalized spacial score (nSPS) is 10.2. The molecule has 0 aliphatic heterocycles. The van der Waals surface area contributed by atoms with Gasteiger partial charge in [0.15, 0.2) is 0 Å². The van der Waals surface area contributed by atoms with Crippen LogP contribution in [0.2, 0.25) is 0 Å². The van der Waals surface area contributed by atoms with Crippen molar-refractivity contribution in [3.05, 3.63) is 58.6 Å². The van der Waals surface area contributed by atoms with E-state index in [4.69, 9.17) is 0 Å². The van der Waals surface area contributed by atoms with Crippen molar-refractivity contribution in [2.75, 3.05) is 16.8 Å². The summed E-state index contributed by atoms with van der Waals surface area (Å²) in [4.78, 5) is 25.7. The van der Waals surface area contributed by atoms with Crippen LogP contribution in [0.5, 0.6) is 0 Å². The zero-order valence-electron chi connectivity index (χ0n) is 13.2. The fraction of sp³-hybridized carbons (Fsp3) is 0.222. The molecular formula is C18H19BrN2O2. The molecule has 5 heteroatoms. The van der Waals surface area contributed by atoms with Crippen LogP contribution in [0.4, 0.5) is 11.4 Å². The van der Waals surface area contributed by atoms with Crippen LogP contribution in [0.3, 0.4) is 0 Å². The first kappa shape index (κ1) is 17.2. The van der Waals surface area contributed by atoms with Crippen molar-refractivity contribution in [1.82, 2.24) is 0 Å². The Bertz CT molecular complexity index is 716. The molecule has 4 nitrogen and oxygen atoms in total. The first-order chi connectivity index (χ1) is 11.0. The lowest BCUT2D eigenvalue weighted by atomic mass is 10.1. The van der Waals surface area contributed by atoms with Gasteiger partial charge in [-0.3, -0.25) is 9.59 Å². The lowest BCUT2D eigenvalue weighted by Gasteiger charge is -2.21. The quantitative estimate of drug-likeness (QED) is 0.859. The van der Waals surface area contributed by atoms with E-state index in [-0.39, 0.29) is 18.4 Å². The fourth-order valence-corrected chi connectivity index (χ4v) is 2.70. The highest BCUT2D eigenvalue weighted by molar-refractivity contribution is 9.10. The molecule has 0 fully saturated rings. The third-order valence-electron chi connectivity index (χ3n) is 3.47. The molecule has 0 saturated heterocycles. The number of amides is 2. The number of para-hydroxylation sites is 1. The Morgan fingerprint density at radius 1 is 1.13 bits per heavy atom. The van der Waals surface area contributed by atoms with Gasteiger partial charge in [0.1, 0.15) is 6.54 Å². The van der Waals surface area contributed by atoms with Gasteiger partial charge in [-0.05, 0) is 36.2 Å². The minimum Gasteiger partial charge on any atom is -0.324 e. The third-order valence-corrected chi connectivity index (χ3v) is 3.97. The number of carbonyl (C=O) groups excluding carboxylic acids is 2. The lowest BCUT2D eigenvalue weighted by Crippen LogP contribution is -2.36. The van der Waals surface area contributed by atoms with Gasteiger partial charge < -0.3 is 10.2 Å². The van der Waals surface area contributed by atoms with Crippen molar-refractivity contribution in [1.29, 1.82) is 0 Å². The third kappa shape index (κ3) is 4.66. The molecule has 0 aromatic heterocycles. The number of nitrogens with zero attached hydrogens (tertiary/aromatic N) is 1. The molecule has 23 heavy (non-hydrogen) atoms. The second kappa shape index (κ2) is 7.92. The Balaban J connectivity index is 2.14. The Hall–Kier alpha value is -2.14. The van der Waals surface area contributed by atoms with Crippen molar-refractivity contribution in [2.45, 2.75) is 20.3 Å².